The van der Waals surface area contributed by atoms with Gasteiger partial charge in [0.2, 0.25) is 0 Å². The molecule has 0 aliphatic carbocycles. The van der Waals surface area contributed by atoms with Gasteiger partial charge in [-0.3, -0.25) is 9.11 Å². The average Bonchev–Trinajstić information content (AvgIpc) is 3.02. The molecule has 22 heteroatoms. The molecule has 0 bridgehead atoms. The number of aromatic hydroxyl groups is 1. The van der Waals surface area contributed by atoms with Gasteiger partial charge in [0, 0.05) is 7.11 Å². The lowest BCUT2D eigenvalue weighted by Gasteiger charge is -2.13. The van der Waals surface area contributed by atoms with E-state index in [1.807, 2.05) is 0 Å². The Kier molecular flexibility index (Phi) is 11.4. The van der Waals surface area contributed by atoms with Crippen molar-refractivity contribution in [2.45, 2.75) is 21.6 Å². The van der Waals surface area contributed by atoms with Crippen molar-refractivity contribution in [2.75, 3.05) is 37.6 Å². The first-order valence-corrected chi connectivity index (χ1v) is 20.0. The van der Waals surface area contributed by atoms with Crippen molar-refractivity contribution in [1.82, 2.24) is 0 Å². The number of phenols is 1. The summed E-state index contributed by atoms with van der Waals surface area (Å²) in [5.74, 6) is -1.52. The number of ether oxygens (including phenoxy) is 1. The van der Waals surface area contributed by atoms with Gasteiger partial charge in [0.25, 0.3) is 10.1 Å². The number of nitrogens with two attached hydrogens (primary N) is 1. The van der Waals surface area contributed by atoms with Gasteiger partial charge in [0.1, 0.15) is 16.3 Å². The Labute approximate surface area is 286 Å². The van der Waals surface area contributed by atoms with Gasteiger partial charge in [0.05, 0.1) is 57.0 Å². The zero-order chi connectivity index (χ0) is 37.1. The van der Waals surface area contributed by atoms with Crippen LogP contribution in [0.5, 0.6) is 5.75 Å². The number of phenolic OH excluding ortho intramolecular Hbond substituents is 1. The van der Waals surface area contributed by atoms with E-state index in [9.17, 15) is 43.3 Å². The van der Waals surface area contributed by atoms with E-state index < -0.39 is 74.6 Å². The molecular formula is C28H29N5O13S4. The number of hydrogen-bond donors (Lipinski definition) is 4. The van der Waals surface area contributed by atoms with Gasteiger partial charge in [-0.25, -0.2) is 21.0 Å². The fraction of sp³-hybridized carbons (Fsp3) is 0.214. The third-order valence-electron chi connectivity index (χ3n) is 6.88. The monoisotopic (exact) mass is 771 g/mol. The maximum absolute atomic E-state index is 12.4. The summed E-state index contributed by atoms with van der Waals surface area (Å²) >= 11 is 0. The van der Waals surface area contributed by atoms with E-state index in [0.29, 0.717) is 5.56 Å². The number of nitrogens with zero attached hydrogens (tertiary/aromatic N) is 4. The van der Waals surface area contributed by atoms with Crippen LogP contribution in [0.1, 0.15) is 5.56 Å². The molecule has 0 atom stereocenters. The highest BCUT2D eigenvalue weighted by molar-refractivity contribution is 7.91. The van der Waals surface area contributed by atoms with Crippen molar-refractivity contribution in [2.24, 2.45) is 20.5 Å². The molecule has 0 amide bonds. The first kappa shape index (κ1) is 38.4. The van der Waals surface area contributed by atoms with Gasteiger partial charge >= 0.3 is 10.4 Å². The van der Waals surface area contributed by atoms with Crippen LogP contribution in [0, 0.1) is 6.92 Å². The largest absolute Gasteiger partial charge is 0.505 e. The number of sulfone groups is 2. The molecule has 0 saturated heterocycles. The smallest absolute Gasteiger partial charge is 0.397 e. The molecule has 0 fully saturated rings. The van der Waals surface area contributed by atoms with E-state index in [1.54, 1.807) is 6.92 Å². The molecule has 4 rings (SSSR count). The van der Waals surface area contributed by atoms with E-state index in [-0.39, 0.29) is 50.0 Å². The number of fused-ring (bicyclic) bond motifs is 1. The molecule has 5 N–H and O–H groups in total. The number of methoxy groups -OCH3 is 1. The average molecular weight is 772 g/mol. The molecule has 268 valence electrons. The fourth-order valence-corrected chi connectivity index (χ4v) is 7.77. The van der Waals surface area contributed by atoms with Crippen LogP contribution in [0.2, 0.25) is 0 Å². The Balaban J connectivity index is 1.70. The van der Waals surface area contributed by atoms with Crippen molar-refractivity contribution in [3.63, 3.8) is 0 Å². The van der Waals surface area contributed by atoms with Gasteiger partial charge < -0.3 is 15.6 Å². The Morgan fingerprint density at radius 2 is 1.18 bits per heavy atom. The fourth-order valence-electron chi connectivity index (χ4n) is 4.43. The third kappa shape index (κ3) is 9.22. The van der Waals surface area contributed by atoms with Gasteiger partial charge in [-0.1, -0.05) is 0 Å². The minimum absolute atomic E-state index is 0.000877. The zero-order valence-corrected chi connectivity index (χ0v) is 29.3. The summed E-state index contributed by atoms with van der Waals surface area (Å²) in [7, 11) is -16.0. The molecule has 4 aromatic rings. The second kappa shape index (κ2) is 14.8. The normalized spacial score (nSPS) is 13.1. The van der Waals surface area contributed by atoms with E-state index in [0.717, 1.165) is 18.2 Å². The van der Waals surface area contributed by atoms with Crippen molar-refractivity contribution in [1.29, 1.82) is 0 Å². The first-order valence-electron chi connectivity index (χ1n) is 13.9. The number of rotatable bonds is 14. The number of hydrogen-bond acceptors (Lipinski definition) is 16. The van der Waals surface area contributed by atoms with Crippen LogP contribution in [-0.4, -0.2) is 79.7 Å². The minimum atomic E-state index is -4.96. The topological polar surface area (TPSA) is 291 Å². The number of anilines is 1. The second-order valence-corrected chi connectivity index (χ2v) is 17.1. The van der Waals surface area contributed by atoms with Crippen LogP contribution < -0.4 is 5.73 Å². The minimum Gasteiger partial charge on any atom is -0.505 e. The standard InChI is InChI=1S/C28H29N5O13S4/c1-17-15-18-16-23(49(39,40)41)27(33-31-20-5-9-22(10-6-20)48(37,38)14-12-46-50(42,43)44)25(29)24(18)28(34)26(17)32-30-19-3-7-21(8-4-19)47(35,36)13-11-45-2/h3-10,15-16,34H,11-14,29H2,1-2H3,(H,39,40,41)(H,42,43,44). The molecule has 18 nitrogen and oxygen atoms in total. The summed E-state index contributed by atoms with van der Waals surface area (Å²) in [6.07, 6.45) is 0. The van der Waals surface area contributed by atoms with Crippen LogP contribution in [0.15, 0.2) is 95.8 Å². The van der Waals surface area contributed by atoms with E-state index in [2.05, 4.69) is 24.6 Å². The highest BCUT2D eigenvalue weighted by Crippen LogP contribution is 2.47. The van der Waals surface area contributed by atoms with Crippen molar-refractivity contribution >= 4 is 79.4 Å². The predicted octanol–water partition coefficient (Wildman–Crippen LogP) is 4.53. The molecule has 0 heterocycles. The molecular weight excluding hydrogens is 743 g/mol. The zero-order valence-electron chi connectivity index (χ0n) is 26.0. The summed E-state index contributed by atoms with van der Waals surface area (Å²) in [6, 6.07) is 12.5. The van der Waals surface area contributed by atoms with Gasteiger partial charge in [0.15, 0.2) is 25.4 Å². The number of aryl methyl sites for hydroxylation is 1. The van der Waals surface area contributed by atoms with Gasteiger partial charge in [-0.05, 0) is 78.5 Å². The molecule has 0 unspecified atom stereocenters. The highest BCUT2D eigenvalue weighted by Gasteiger charge is 2.24. The van der Waals surface area contributed by atoms with Crippen LogP contribution in [0.4, 0.5) is 28.4 Å². The number of benzene rings is 4. The lowest BCUT2D eigenvalue weighted by Crippen LogP contribution is -2.15. The van der Waals surface area contributed by atoms with Crippen LogP contribution >= 0.6 is 0 Å². The lowest BCUT2D eigenvalue weighted by molar-refractivity contribution is 0.217. The summed E-state index contributed by atoms with van der Waals surface area (Å²) < 4.78 is 123. The summed E-state index contributed by atoms with van der Waals surface area (Å²) in [5.41, 5.74) is 5.79. The highest BCUT2D eigenvalue weighted by atomic mass is 32.3. The van der Waals surface area contributed by atoms with Crippen molar-refractivity contribution in [3.8, 4) is 5.75 Å². The Morgan fingerprint density at radius 1 is 0.700 bits per heavy atom. The molecule has 0 radical (unpaired) electrons. The summed E-state index contributed by atoms with van der Waals surface area (Å²) in [5, 5.41) is 27.1. The molecule has 4 aromatic carbocycles. The molecule has 0 spiro atoms. The second-order valence-electron chi connectivity index (χ2n) is 10.4. The first-order chi connectivity index (χ1) is 23.2. The summed E-state index contributed by atoms with van der Waals surface area (Å²) in [4.78, 5) is -0.963. The van der Waals surface area contributed by atoms with Gasteiger partial charge in [-0.2, -0.15) is 27.1 Å². The maximum atomic E-state index is 12.4. The number of azo groups is 2. The SMILES string of the molecule is COCCS(=O)(=O)c1ccc(N=Nc2c(C)cc3cc(S(=O)(=O)O)c(N=Nc4ccc(S(=O)(=O)CCOS(=O)(=O)O)cc4)c(N)c3c2O)cc1. The van der Waals surface area contributed by atoms with E-state index in [1.165, 1.54) is 49.6 Å². The van der Waals surface area contributed by atoms with E-state index >= 15 is 0 Å². The van der Waals surface area contributed by atoms with Crippen molar-refractivity contribution < 1.29 is 56.8 Å². The Hall–Kier alpha value is -4.42. The maximum Gasteiger partial charge on any atom is 0.397 e. The molecule has 50 heavy (non-hydrogen) atoms. The predicted molar refractivity (Wildman–Crippen MR) is 179 cm³/mol. The van der Waals surface area contributed by atoms with E-state index in [4.69, 9.17) is 15.0 Å². The van der Waals surface area contributed by atoms with Gasteiger partial charge in [-0.15, -0.1) is 10.2 Å². The van der Waals surface area contributed by atoms with Crippen LogP contribution in [-0.2, 0) is 49.1 Å². The van der Waals surface area contributed by atoms with Crippen LogP contribution in [0.25, 0.3) is 10.8 Å². The molecule has 0 aliphatic heterocycles. The Bertz CT molecular complexity index is 2430. The number of nitrogen functional groups attached to an aromatic ring is 1. The van der Waals surface area contributed by atoms with Crippen molar-refractivity contribution in [3.05, 3.63) is 66.2 Å². The third-order valence-corrected chi connectivity index (χ3v) is 11.6. The lowest BCUT2D eigenvalue weighted by atomic mass is 10.0. The Morgan fingerprint density at radius 3 is 1.64 bits per heavy atom. The molecule has 0 aliphatic rings. The molecule has 0 aromatic heterocycles. The van der Waals surface area contributed by atoms with Crippen LogP contribution in [0.3, 0.4) is 0 Å². The quantitative estimate of drug-likeness (QED) is 0.0778. The summed E-state index contributed by atoms with van der Waals surface area (Å²) in [6.45, 7) is 0.721. The molecule has 0 saturated carbocycles.